The summed E-state index contributed by atoms with van der Waals surface area (Å²) in [6.45, 7) is -3.05. The van der Waals surface area contributed by atoms with Crippen LogP contribution in [0.15, 0.2) is 29.4 Å². The van der Waals surface area contributed by atoms with E-state index in [1.165, 1.54) is 36.2 Å². The fraction of sp³-hybridized carbons (Fsp3) is 0.273. The van der Waals surface area contributed by atoms with Gasteiger partial charge in [-0.3, -0.25) is 4.79 Å². The third-order valence-corrected chi connectivity index (χ3v) is 2.18. The van der Waals surface area contributed by atoms with E-state index < -0.39 is 12.5 Å². The van der Waals surface area contributed by atoms with Crippen LogP contribution >= 0.6 is 0 Å². The molecule has 1 aromatic carbocycles. The second kappa shape index (κ2) is 6.53. The number of oxime groups is 1. The fourth-order valence-corrected chi connectivity index (χ4v) is 1.37. The van der Waals surface area contributed by atoms with E-state index in [0.29, 0.717) is 0 Å². The van der Waals surface area contributed by atoms with E-state index in [-0.39, 0.29) is 23.7 Å². The van der Waals surface area contributed by atoms with Gasteiger partial charge in [0.1, 0.15) is 5.75 Å². The summed E-state index contributed by atoms with van der Waals surface area (Å²) in [4.78, 5) is 13.1. The minimum Gasteiger partial charge on any atom is -0.435 e. The first-order chi connectivity index (χ1) is 8.93. The van der Waals surface area contributed by atoms with Crippen LogP contribution in [-0.2, 0) is 0 Å². The van der Waals surface area contributed by atoms with Crippen molar-refractivity contribution in [3.8, 4) is 5.75 Å². The molecule has 0 aliphatic rings. The Labute approximate surface area is 108 Å². The monoisotopic (exact) mass is 273 g/mol. The first-order valence-electron chi connectivity index (χ1n) is 5.20. The highest BCUT2D eigenvalue weighted by Gasteiger charge is 2.14. The average Bonchev–Trinajstić information content (AvgIpc) is 2.37. The summed E-state index contributed by atoms with van der Waals surface area (Å²) in [7, 11) is 1.43. The Morgan fingerprint density at radius 3 is 2.84 bits per heavy atom. The topological polar surface area (TPSA) is 88.1 Å². The quantitative estimate of drug-likeness (QED) is 0.364. The van der Waals surface area contributed by atoms with Gasteiger partial charge in [0, 0.05) is 12.6 Å². The number of nitrogens with zero attached hydrogens (tertiary/aromatic N) is 2. The summed E-state index contributed by atoms with van der Waals surface area (Å²) in [6.07, 6.45) is 0. The number of amidine groups is 1. The van der Waals surface area contributed by atoms with Gasteiger partial charge in [0.25, 0.3) is 5.91 Å². The van der Waals surface area contributed by atoms with Crippen molar-refractivity contribution in [3.05, 3.63) is 29.8 Å². The molecule has 1 amide bonds. The number of benzene rings is 1. The summed E-state index contributed by atoms with van der Waals surface area (Å²) in [6, 6.07) is 5.37. The lowest BCUT2D eigenvalue weighted by Gasteiger charge is -2.16. The molecule has 19 heavy (non-hydrogen) atoms. The Morgan fingerprint density at radius 1 is 1.58 bits per heavy atom. The van der Waals surface area contributed by atoms with E-state index in [0.717, 1.165) is 0 Å². The highest BCUT2D eigenvalue weighted by molar-refractivity contribution is 5.97. The smallest absolute Gasteiger partial charge is 0.387 e. The highest BCUT2D eigenvalue weighted by atomic mass is 19.3. The third kappa shape index (κ3) is 4.41. The summed E-state index contributed by atoms with van der Waals surface area (Å²) < 4.78 is 28.3. The first kappa shape index (κ1) is 14.7. The molecular weight excluding hydrogens is 260 g/mol. The highest BCUT2D eigenvalue weighted by Crippen LogP contribution is 2.16. The average molecular weight is 273 g/mol. The lowest BCUT2D eigenvalue weighted by Crippen LogP contribution is -2.35. The SMILES string of the molecule is CN(CC(N)=NO)C(=O)c1cccc(OC(F)F)c1. The molecule has 104 valence electrons. The van der Waals surface area contributed by atoms with Gasteiger partial charge in [-0.25, -0.2) is 0 Å². The van der Waals surface area contributed by atoms with Crippen molar-refractivity contribution < 1.29 is 23.5 Å². The van der Waals surface area contributed by atoms with Crippen molar-refractivity contribution >= 4 is 11.7 Å². The van der Waals surface area contributed by atoms with Crippen molar-refractivity contribution in [1.82, 2.24) is 4.90 Å². The summed E-state index contributed by atoms with van der Waals surface area (Å²) in [5, 5.41) is 11.1. The molecule has 0 aliphatic heterocycles. The van der Waals surface area contributed by atoms with Crippen LogP contribution in [0, 0.1) is 0 Å². The van der Waals surface area contributed by atoms with Gasteiger partial charge in [-0.15, -0.1) is 0 Å². The van der Waals surface area contributed by atoms with Crippen molar-refractivity contribution in [2.75, 3.05) is 13.6 Å². The van der Waals surface area contributed by atoms with E-state index in [9.17, 15) is 13.6 Å². The van der Waals surface area contributed by atoms with E-state index in [4.69, 9.17) is 10.9 Å². The van der Waals surface area contributed by atoms with Crippen LogP contribution in [0.1, 0.15) is 10.4 Å². The largest absolute Gasteiger partial charge is 0.435 e. The van der Waals surface area contributed by atoms with Crippen molar-refractivity contribution in [1.29, 1.82) is 0 Å². The summed E-state index contributed by atoms with van der Waals surface area (Å²) in [5.41, 5.74) is 5.43. The molecule has 0 saturated carbocycles. The number of ether oxygens (including phenoxy) is 1. The molecular formula is C11H13F2N3O3. The number of hydrogen-bond acceptors (Lipinski definition) is 4. The molecule has 1 rings (SSSR count). The molecule has 0 aromatic heterocycles. The molecule has 0 heterocycles. The Kier molecular flexibility index (Phi) is 5.04. The maximum atomic E-state index is 12.1. The van der Waals surface area contributed by atoms with Gasteiger partial charge in [0.15, 0.2) is 5.84 Å². The number of carbonyl (C=O) groups is 1. The summed E-state index contributed by atoms with van der Waals surface area (Å²) in [5.74, 6) is -0.722. The van der Waals surface area contributed by atoms with Crippen LogP contribution in [-0.4, -0.2) is 42.1 Å². The molecule has 0 spiro atoms. The van der Waals surface area contributed by atoms with Crippen LogP contribution < -0.4 is 10.5 Å². The molecule has 6 nitrogen and oxygen atoms in total. The molecule has 1 aromatic rings. The number of amides is 1. The zero-order valence-electron chi connectivity index (χ0n) is 10.1. The molecule has 0 atom stereocenters. The lowest BCUT2D eigenvalue weighted by atomic mass is 10.2. The van der Waals surface area contributed by atoms with Crippen LogP contribution in [0.5, 0.6) is 5.75 Å². The number of rotatable bonds is 5. The third-order valence-electron chi connectivity index (χ3n) is 2.18. The van der Waals surface area contributed by atoms with Gasteiger partial charge in [0.2, 0.25) is 0 Å². The number of alkyl halides is 2. The van der Waals surface area contributed by atoms with Gasteiger partial charge >= 0.3 is 6.61 Å². The van der Waals surface area contributed by atoms with Gasteiger partial charge in [-0.1, -0.05) is 11.2 Å². The second-order valence-electron chi connectivity index (χ2n) is 3.66. The van der Waals surface area contributed by atoms with Gasteiger partial charge in [0.05, 0.1) is 6.54 Å². The first-order valence-corrected chi connectivity index (χ1v) is 5.20. The van der Waals surface area contributed by atoms with Crippen molar-refractivity contribution in [3.63, 3.8) is 0 Å². The zero-order chi connectivity index (χ0) is 14.4. The second-order valence-corrected chi connectivity index (χ2v) is 3.66. The zero-order valence-corrected chi connectivity index (χ0v) is 10.1. The van der Waals surface area contributed by atoms with Crippen LogP contribution in [0.25, 0.3) is 0 Å². The molecule has 0 saturated heterocycles. The fourth-order valence-electron chi connectivity index (χ4n) is 1.37. The lowest BCUT2D eigenvalue weighted by molar-refractivity contribution is -0.0498. The van der Waals surface area contributed by atoms with Gasteiger partial charge in [-0.05, 0) is 18.2 Å². The van der Waals surface area contributed by atoms with Gasteiger partial charge in [-0.2, -0.15) is 8.78 Å². The number of likely N-dealkylation sites (N-methyl/N-ethyl adjacent to an activating group) is 1. The van der Waals surface area contributed by atoms with Crippen LogP contribution in [0.3, 0.4) is 0 Å². The van der Waals surface area contributed by atoms with E-state index in [1.54, 1.807) is 0 Å². The van der Waals surface area contributed by atoms with Gasteiger partial charge < -0.3 is 20.6 Å². The Hall–Kier alpha value is -2.38. The van der Waals surface area contributed by atoms with E-state index in [2.05, 4.69) is 9.89 Å². The molecule has 0 bridgehead atoms. The Bertz CT molecular complexity index is 480. The Balaban J connectivity index is 2.81. The predicted molar refractivity (Wildman–Crippen MR) is 63.4 cm³/mol. The normalized spacial score (nSPS) is 11.5. The molecule has 0 fully saturated rings. The number of hydrogen-bond donors (Lipinski definition) is 2. The van der Waals surface area contributed by atoms with Crippen molar-refractivity contribution in [2.45, 2.75) is 6.61 Å². The minimum atomic E-state index is -2.96. The Morgan fingerprint density at radius 2 is 2.26 bits per heavy atom. The summed E-state index contributed by atoms with van der Waals surface area (Å²) >= 11 is 0. The molecule has 0 unspecified atom stereocenters. The minimum absolute atomic E-state index is 0.0880. The van der Waals surface area contributed by atoms with E-state index >= 15 is 0 Å². The standard InChI is InChI=1S/C11H13F2N3O3/c1-16(6-9(14)15-18)10(17)7-3-2-4-8(5-7)19-11(12)13/h2-5,11,18H,6H2,1H3,(H2,14,15). The number of carbonyl (C=O) groups excluding carboxylic acids is 1. The maximum Gasteiger partial charge on any atom is 0.387 e. The van der Waals surface area contributed by atoms with Crippen LogP contribution in [0.2, 0.25) is 0 Å². The van der Waals surface area contributed by atoms with E-state index in [1.807, 2.05) is 0 Å². The molecule has 8 heteroatoms. The molecule has 0 aliphatic carbocycles. The predicted octanol–water partition coefficient (Wildman–Crippen LogP) is 1.11. The molecule has 3 N–H and O–H groups in total. The molecule has 0 radical (unpaired) electrons. The number of halogens is 2. The van der Waals surface area contributed by atoms with Crippen LogP contribution in [0.4, 0.5) is 8.78 Å². The number of nitrogens with two attached hydrogens (primary N) is 1. The maximum absolute atomic E-state index is 12.1. The van der Waals surface area contributed by atoms with Crippen molar-refractivity contribution in [2.24, 2.45) is 10.9 Å².